The highest BCUT2D eigenvalue weighted by molar-refractivity contribution is 5.23. The molecule has 0 spiro atoms. The minimum Gasteiger partial charge on any atom is -0.296 e. The highest BCUT2D eigenvalue weighted by atomic mass is 15.2. The third-order valence-electron chi connectivity index (χ3n) is 5.30. The number of nitrogens with zero attached hydrogens (tertiary/aromatic N) is 2. The van der Waals surface area contributed by atoms with Crippen molar-refractivity contribution in [2.75, 3.05) is 6.54 Å². The van der Waals surface area contributed by atoms with Gasteiger partial charge in [-0.1, -0.05) is 36.4 Å². The number of hydrogen-bond acceptors (Lipinski definition) is 2. The van der Waals surface area contributed by atoms with Gasteiger partial charge in [-0.2, -0.15) is 0 Å². The number of benzene rings is 1. The molecule has 0 N–H and O–H groups in total. The SMILES string of the molecule is c1ccc(CCN2C3CCC2C(c2cccnc2)C3)cc1. The quantitative estimate of drug-likeness (QED) is 0.848. The standard InChI is InChI=1S/C19H22N2/c1-2-5-15(6-3-1)10-12-21-17-8-9-19(21)18(13-17)16-7-4-11-20-14-16/h1-7,11,14,17-19H,8-10,12-13H2. The molecular formula is C19H22N2. The second kappa shape index (κ2) is 5.61. The Morgan fingerprint density at radius 2 is 1.95 bits per heavy atom. The van der Waals surface area contributed by atoms with Crippen molar-refractivity contribution in [3.63, 3.8) is 0 Å². The highest BCUT2D eigenvalue weighted by Crippen LogP contribution is 2.46. The lowest BCUT2D eigenvalue weighted by molar-refractivity contribution is 0.251. The maximum absolute atomic E-state index is 4.31. The van der Waals surface area contributed by atoms with Crippen LogP contribution in [0.5, 0.6) is 0 Å². The Balaban J connectivity index is 1.46. The van der Waals surface area contributed by atoms with Crippen LogP contribution in [-0.2, 0) is 6.42 Å². The maximum atomic E-state index is 4.31. The smallest absolute Gasteiger partial charge is 0.0303 e. The van der Waals surface area contributed by atoms with E-state index in [9.17, 15) is 0 Å². The summed E-state index contributed by atoms with van der Waals surface area (Å²) >= 11 is 0. The van der Waals surface area contributed by atoms with Crippen LogP contribution >= 0.6 is 0 Å². The van der Waals surface area contributed by atoms with Crippen LogP contribution in [0.1, 0.15) is 36.3 Å². The molecule has 0 saturated carbocycles. The zero-order valence-corrected chi connectivity index (χ0v) is 12.4. The topological polar surface area (TPSA) is 16.1 Å². The summed E-state index contributed by atoms with van der Waals surface area (Å²) in [6, 6.07) is 16.8. The van der Waals surface area contributed by atoms with Gasteiger partial charge in [0.05, 0.1) is 0 Å². The lowest BCUT2D eigenvalue weighted by atomic mass is 9.85. The molecule has 0 amide bonds. The van der Waals surface area contributed by atoms with Crippen LogP contribution in [0.15, 0.2) is 54.9 Å². The molecule has 0 aliphatic carbocycles. The monoisotopic (exact) mass is 278 g/mol. The zero-order valence-electron chi connectivity index (χ0n) is 12.4. The molecular weight excluding hydrogens is 256 g/mol. The lowest BCUT2D eigenvalue weighted by Crippen LogP contribution is -2.32. The highest BCUT2D eigenvalue weighted by Gasteiger charge is 2.46. The van der Waals surface area contributed by atoms with Gasteiger partial charge < -0.3 is 0 Å². The van der Waals surface area contributed by atoms with Crippen LogP contribution in [-0.4, -0.2) is 28.5 Å². The lowest BCUT2D eigenvalue weighted by Gasteiger charge is -2.24. The Kier molecular flexibility index (Phi) is 3.48. The van der Waals surface area contributed by atoms with E-state index in [-0.39, 0.29) is 0 Å². The van der Waals surface area contributed by atoms with Crippen LogP contribution in [0.2, 0.25) is 0 Å². The first-order valence-electron chi connectivity index (χ1n) is 8.11. The van der Waals surface area contributed by atoms with Crippen molar-refractivity contribution in [2.45, 2.75) is 43.7 Å². The normalized spacial score (nSPS) is 28.1. The summed E-state index contributed by atoms with van der Waals surface area (Å²) in [7, 11) is 0. The van der Waals surface area contributed by atoms with Crippen molar-refractivity contribution in [3.8, 4) is 0 Å². The van der Waals surface area contributed by atoms with E-state index in [1.807, 2.05) is 6.20 Å². The van der Waals surface area contributed by atoms with Gasteiger partial charge in [-0.05, 0) is 42.9 Å². The molecule has 2 nitrogen and oxygen atoms in total. The molecule has 3 atom stereocenters. The molecule has 2 heteroatoms. The number of hydrogen-bond donors (Lipinski definition) is 0. The summed E-state index contributed by atoms with van der Waals surface area (Å²) in [6.07, 6.45) is 9.19. The number of fused-ring (bicyclic) bond motifs is 2. The van der Waals surface area contributed by atoms with Gasteiger partial charge in [-0.15, -0.1) is 0 Å². The van der Waals surface area contributed by atoms with Crippen LogP contribution in [0.3, 0.4) is 0 Å². The Labute approximate surface area is 126 Å². The zero-order chi connectivity index (χ0) is 14.1. The summed E-state index contributed by atoms with van der Waals surface area (Å²) in [5.41, 5.74) is 2.90. The predicted octanol–water partition coefficient (Wildman–Crippen LogP) is 3.64. The van der Waals surface area contributed by atoms with Gasteiger partial charge in [0.2, 0.25) is 0 Å². The molecule has 108 valence electrons. The van der Waals surface area contributed by atoms with Crippen molar-refractivity contribution in [1.82, 2.24) is 9.88 Å². The molecule has 1 aromatic carbocycles. The summed E-state index contributed by atoms with van der Waals surface area (Å²) in [4.78, 5) is 7.08. The third kappa shape index (κ3) is 2.49. The largest absolute Gasteiger partial charge is 0.296 e. The van der Waals surface area contributed by atoms with E-state index in [1.165, 1.54) is 43.4 Å². The van der Waals surface area contributed by atoms with Gasteiger partial charge in [-0.25, -0.2) is 0 Å². The molecule has 1 aromatic heterocycles. The van der Waals surface area contributed by atoms with Gasteiger partial charge in [0.1, 0.15) is 0 Å². The van der Waals surface area contributed by atoms with E-state index in [1.54, 1.807) is 0 Å². The average molecular weight is 278 g/mol. The van der Waals surface area contributed by atoms with Crippen LogP contribution < -0.4 is 0 Å². The summed E-state index contributed by atoms with van der Waals surface area (Å²) in [6.45, 7) is 1.20. The number of aromatic nitrogens is 1. The first kappa shape index (κ1) is 13.0. The minimum absolute atomic E-state index is 0.702. The Morgan fingerprint density at radius 1 is 1.05 bits per heavy atom. The molecule has 2 aliphatic rings. The van der Waals surface area contributed by atoms with E-state index < -0.39 is 0 Å². The van der Waals surface area contributed by atoms with Crippen LogP contribution in [0, 0.1) is 0 Å². The van der Waals surface area contributed by atoms with Crippen LogP contribution in [0.25, 0.3) is 0 Å². The molecule has 2 saturated heterocycles. The van der Waals surface area contributed by atoms with Crippen molar-refractivity contribution in [1.29, 1.82) is 0 Å². The summed E-state index contributed by atoms with van der Waals surface area (Å²) < 4.78 is 0. The number of rotatable bonds is 4. The van der Waals surface area contributed by atoms with Crippen LogP contribution in [0.4, 0.5) is 0 Å². The first-order chi connectivity index (χ1) is 10.4. The molecule has 3 unspecified atom stereocenters. The molecule has 4 rings (SSSR count). The van der Waals surface area contributed by atoms with E-state index in [2.05, 4.69) is 58.5 Å². The Morgan fingerprint density at radius 3 is 2.76 bits per heavy atom. The van der Waals surface area contributed by atoms with Crippen molar-refractivity contribution in [3.05, 3.63) is 66.0 Å². The fourth-order valence-corrected chi connectivity index (χ4v) is 4.31. The second-order valence-electron chi connectivity index (χ2n) is 6.40. The summed E-state index contributed by atoms with van der Waals surface area (Å²) in [5, 5.41) is 0. The average Bonchev–Trinajstić information content (AvgIpc) is 3.12. The molecule has 0 radical (unpaired) electrons. The molecule has 2 aromatic rings. The second-order valence-corrected chi connectivity index (χ2v) is 6.40. The van der Waals surface area contributed by atoms with E-state index in [0.29, 0.717) is 5.92 Å². The van der Waals surface area contributed by atoms with Gasteiger partial charge in [-0.3, -0.25) is 9.88 Å². The van der Waals surface area contributed by atoms with Gasteiger partial charge in [0.15, 0.2) is 0 Å². The maximum Gasteiger partial charge on any atom is 0.0303 e. The van der Waals surface area contributed by atoms with Gasteiger partial charge in [0.25, 0.3) is 0 Å². The first-order valence-corrected chi connectivity index (χ1v) is 8.11. The van der Waals surface area contributed by atoms with Gasteiger partial charge in [0, 0.05) is 36.9 Å². The van der Waals surface area contributed by atoms with Gasteiger partial charge >= 0.3 is 0 Å². The third-order valence-corrected chi connectivity index (χ3v) is 5.30. The Bertz CT molecular complexity index is 581. The molecule has 2 aliphatic heterocycles. The number of pyridine rings is 1. The van der Waals surface area contributed by atoms with E-state index in [0.717, 1.165) is 12.1 Å². The van der Waals surface area contributed by atoms with E-state index >= 15 is 0 Å². The van der Waals surface area contributed by atoms with Crippen molar-refractivity contribution < 1.29 is 0 Å². The summed E-state index contributed by atoms with van der Waals surface area (Å²) in [5.74, 6) is 0.702. The molecule has 3 heterocycles. The molecule has 21 heavy (non-hydrogen) atoms. The fraction of sp³-hybridized carbons (Fsp3) is 0.421. The molecule has 2 fully saturated rings. The Hall–Kier alpha value is -1.67. The van der Waals surface area contributed by atoms with Crippen molar-refractivity contribution >= 4 is 0 Å². The predicted molar refractivity (Wildman–Crippen MR) is 85.3 cm³/mol. The molecule has 2 bridgehead atoms. The fourth-order valence-electron chi connectivity index (χ4n) is 4.31. The van der Waals surface area contributed by atoms with E-state index in [4.69, 9.17) is 0 Å². The van der Waals surface area contributed by atoms with Crippen molar-refractivity contribution in [2.24, 2.45) is 0 Å². The minimum atomic E-state index is 0.702.